The molecule has 38 heavy (non-hydrogen) atoms. The highest BCUT2D eigenvalue weighted by atomic mass is 127. The first-order chi connectivity index (χ1) is 18.3. The van der Waals surface area contributed by atoms with Gasteiger partial charge in [0.05, 0.1) is 30.1 Å². The molecule has 0 aliphatic rings. The van der Waals surface area contributed by atoms with Crippen molar-refractivity contribution in [2.45, 2.75) is 24.9 Å². The van der Waals surface area contributed by atoms with E-state index >= 15 is 0 Å². The van der Waals surface area contributed by atoms with Crippen molar-refractivity contribution in [1.29, 1.82) is 0 Å². The van der Waals surface area contributed by atoms with Crippen molar-refractivity contribution in [3.8, 4) is 17.0 Å². The lowest BCUT2D eigenvalue weighted by molar-refractivity contribution is -0.123. The molecule has 4 rings (SSSR count). The van der Waals surface area contributed by atoms with Crippen LogP contribution < -0.4 is 15.8 Å². The summed E-state index contributed by atoms with van der Waals surface area (Å²) in [5.74, 6) is -1.26. The predicted octanol–water partition coefficient (Wildman–Crippen LogP) is 4.99. The number of nitrogens with one attached hydrogen (secondary N) is 2. The number of halogens is 3. The molecule has 0 bridgehead atoms. The molecule has 0 unspecified atom stereocenters. The molecule has 3 aromatic carbocycles. The van der Waals surface area contributed by atoms with Gasteiger partial charge >= 0.3 is 0 Å². The fourth-order valence-electron chi connectivity index (χ4n) is 4.13. The number of nitrogens with two attached hydrogens (primary N) is 1. The number of benzene rings is 3. The van der Waals surface area contributed by atoms with Crippen molar-refractivity contribution in [3.05, 3.63) is 105 Å². The van der Waals surface area contributed by atoms with E-state index in [4.69, 9.17) is 15.6 Å². The van der Waals surface area contributed by atoms with Gasteiger partial charge in [-0.1, -0.05) is 49.4 Å². The minimum atomic E-state index is -0.993. The molecule has 10 heteroatoms. The van der Waals surface area contributed by atoms with Crippen LogP contribution in [0.1, 0.15) is 41.9 Å². The molecular formula is C28H27F2IN4O3. The van der Waals surface area contributed by atoms with Gasteiger partial charge < -0.3 is 25.9 Å². The highest BCUT2D eigenvalue weighted by molar-refractivity contribution is 14.1. The van der Waals surface area contributed by atoms with E-state index in [1.807, 2.05) is 59.8 Å². The highest BCUT2D eigenvalue weighted by Crippen LogP contribution is 2.33. The fraction of sp³-hybridized carbons (Fsp3) is 0.214. The largest absolute Gasteiger partial charge is 0.491 e. The minimum absolute atomic E-state index is 0.109. The standard InChI is InChI=1S/C28H27F2IN4O3/c1-16(17-5-3-2-4-6-17)26(27-33-15-23(34-27)24-21(29)13-19(31)14-22(24)30)35-28(37)25(32)18-7-9-20(10-8-18)38-12-11-36/h2-10,13-16,25-26,36H,11-12,32H2,1H3,(H,33,34)(H,35,37)/t16-,25-,26+/m1/s1. The van der Waals surface area contributed by atoms with Gasteiger partial charge in [-0.2, -0.15) is 0 Å². The molecule has 0 radical (unpaired) electrons. The van der Waals surface area contributed by atoms with Crippen LogP contribution in [-0.2, 0) is 4.79 Å². The summed E-state index contributed by atoms with van der Waals surface area (Å²) in [4.78, 5) is 20.7. The molecule has 5 N–H and O–H groups in total. The summed E-state index contributed by atoms with van der Waals surface area (Å²) < 4.78 is 35.1. The van der Waals surface area contributed by atoms with Crippen LogP contribution in [0.25, 0.3) is 11.3 Å². The predicted molar refractivity (Wildman–Crippen MR) is 148 cm³/mol. The molecule has 0 saturated carbocycles. The van der Waals surface area contributed by atoms with E-state index in [0.29, 0.717) is 20.7 Å². The number of aromatic amines is 1. The summed E-state index contributed by atoms with van der Waals surface area (Å²) >= 11 is 1.85. The topological polar surface area (TPSA) is 113 Å². The molecule has 3 atom stereocenters. The fourth-order valence-corrected chi connectivity index (χ4v) is 4.68. The number of imidazole rings is 1. The third kappa shape index (κ3) is 6.37. The van der Waals surface area contributed by atoms with Crippen molar-refractivity contribution in [2.24, 2.45) is 5.73 Å². The van der Waals surface area contributed by atoms with E-state index in [9.17, 15) is 13.6 Å². The maximum Gasteiger partial charge on any atom is 0.242 e. The molecule has 4 aromatic rings. The highest BCUT2D eigenvalue weighted by Gasteiger charge is 2.29. The number of H-pyrrole nitrogens is 1. The van der Waals surface area contributed by atoms with E-state index in [1.165, 1.54) is 18.3 Å². The van der Waals surface area contributed by atoms with Gasteiger partial charge in [-0.05, 0) is 58.0 Å². The van der Waals surface area contributed by atoms with Crippen LogP contribution in [0.3, 0.4) is 0 Å². The number of nitrogens with zero attached hydrogens (tertiary/aromatic N) is 1. The Balaban J connectivity index is 1.62. The number of amides is 1. The van der Waals surface area contributed by atoms with Crippen LogP contribution in [0.2, 0.25) is 0 Å². The zero-order valence-corrected chi connectivity index (χ0v) is 22.7. The number of ether oxygens (including phenoxy) is 1. The van der Waals surface area contributed by atoms with E-state index in [-0.39, 0.29) is 30.4 Å². The first-order valence-electron chi connectivity index (χ1n) is 11.9. The SMILES string of the molecule is C[C@H](c1ccccc1)[C@H](NC(=O)[C@H](N)c1ccc(OCCO)cc1)c1ncc(-c2c(F)cc(I)cc2F)[nH]1. The molecule has 0 saturated heterocycles. The number of hydrogen-bond acceptors (Lipinski definition) is 5. The average Bonchev–Trinajstić information content (AvgIpc) is 3.39. The number of carbonyl (C=O) groups is 1. The Morgan fingerprint density at radius 2 is 1.76 bits per heavy atom. The molecule has 0 fully saturated rings. The van der Waals surface area contributed by atoms with Crippen molar-refractivity contribution >= 4 is 28.5 Å². The number of aliphatic hydroxyl groups is 1. The summed E-state index contributed by atoms with van der Waals surface area (Å²) in [7, 11) is 0. The average molecular weight is 632 g/mol. The maximum absolute atomic E-state index is 14.6. The molecular weight excluding hydrogens is 605 g/mol. The second-order valence-corrected chi connectivity index (χ2v) is 9.98. The van der Waals surface area contributed by atoms with Gasteiger partial charge in [0.2, 0.25) is 5.91 Å². The van der Waals surface area contributed by atoms with Gasteiger partial charge in [0, 0.05) is 9.49 Å². The van der Waals surface area contributed by atoms with Crippen molar-refractivity contribution in [2.75, 3.05) is 13.2 Å². The Kier molecular flexibility index (Phi) is 9.08. The van der Waals surface area contributed by atoms with Crippen molar-refractivity contribution < 1.29 is 23.4 Å². The van der Waals surface area contributed by atoms with Gasteiger partial charge in [-0.25, -0.2) is 13.8 Å². The van der Waals surface area contributed by atoms with Gasteiger partial charge in [-0.15, -0.1) is 0 Å². The monoisotopic (exact) mass is 632 g/mol. The van der Waals surface area contributed by atoms with Crippen LogP contribution in [0.15, 0.2) is 72.9 Å². The van der Waals surface area contributed by atoms with E-state index in [0.717, 1.165) is 5.56 Å². The smallest absolute Gasteiger partial charge is 0.242 e. The third-order valence-corrected chi connectivity index (χ3v) is 6.79. The quantitative estimate of drug-likeness (QED) is 0.184. The van der Waals surface area contributed by atoms with E-state index in [1.54, 1.807) is 24.3 Å². The minimum Gasteiger partial charge on any atom is -0.491 e. The summed E-state index contributed by atoms with van der Waals surface area (Å²) in [5, 5.41) is 11.9. The van der Waals surface area contributed by atoms with Crippen LogP contribution in [0, 0.1) is 15.2 Å². The van der Waals surface area contributed by atoms with Crippen molar-refractivity contribution in [3.63, 3.8) is 0 Å². The lowest BCUT2D eigenvalue weighted by Crippen LogP contribution is -2.39. The molecule has 1 aromatic heterocycles. The van der Waals surface area contributed by atoms with E-state index < -0.39 is 29.6 Å². The Morgan fingerprint density at radius 3 is 2.39 bits per heavy atom. The Bertz CT molecular complexity index is 1360. The third-order valence-electron chi connectivity index (χ3n) is 6.17. The Morgan fingerprint density at radius 1 is 1.11 bits per heavy atom. The molecule has 0 aliphatic carbocycles. The van der Waals surface area contributed by atoms with Crippen LogP contribution in [0.5, 0.6) is 5.75 Å². The summed E-state index contributed by atoms with van der Waals surface area (Å²) in [6.45, 7) is 1.97. The lowest BCUT2D eigenvalue weighted by atomic mass is 9.92. The van der Waals surface area contributed by atoms with Gasteiger partial charge in [0.1, 0.15) is 35.9 Å². The zero-order valence-electron chi connectivity index (χ0n) is 20.5. The van der Waals surface area contributed by atoms with E-state index in [2.05, 4.69) is 15.3 Å². The number of rotatable bonds is 10. The summed E-state index contributed by atoms with van der Waals surface area (Å²) in [6.07, 6.45) is 1.35. The Labute approximate surface area is 232 Å². The molecule has 1 heterocycles. The second kappa shape index (κ2) is 12.5. The number of aliphatic hydroxyl groups excluding tert-OH is 1. The lowest BCUT2D eigenvalue weighted by Gasteiger charge is -2.25. The normalized spacial score (nSPS) is 13.5. The number of carbonyl (C=O) groups excluding carboxylic acids is 1. The number of hydrogen-bond donors (Lipinski definition) is 4. The summed E-state index contributed by atoms with van der Waals surface area (Å²) in [5.41, 5.74) is 7.72. The summed E-state index contributed by atoms with van der Waals surface area (Å²) in [6, 6.07) is 17.0. The van der Waals surface area contributed by atoms with Crippen LogP contribution in [0.4, 0.5) is 8.78 Å². The zero-order chi connectivity index (χ0) is 27.2. The molecule has 1 amide bonds. The van der Waals surface area contributed by atoms with Gasteiger partial charge in [-0.3, -0.25) is 4.79 Å². The van der Waals surface area contributed by atoms with Gasteiger partial charge in [0.15, 0.2) is 0 Å². The maximum atomic E-state index is 14.6. The molecule has 0 spiro atoms. The van der Waals surface area contributed by atoms with Crippen LogP contribution in [-0.4, -0.2) is 34.2 Å². The Hall–Kier alpha value is -3.35. The first kappa shape index (κ1) is 27.7. The first-order valence-corrected chi connectivity index (χ1v) is 13.0. The molecule has 7 nitrogen and oxygen atoms in total. The molecule has 0 aliphatic heterocycles. The van der Waals surface area contributed by atoms with Crippen molar-refractivity contribution in [1.82, 2.24) is 15.3 Å². The van der Waals surface area contributed by atoms with Gasteiger partial charge in [0.25, 0.3) is 0 Å². The molecule has 198 valence electrons. The van der Waals surface area contributed by atoms with Crippen LogP contribution >= 0.6 is 22.6 Å². The number of aromatic nitrogens is 2. The second-order valence-electron chi connectivity index (χ2n) is 8.73.